The van der Waals surface area contributed by atoms with Crippen LogP contribution in [-0.4, -0.2) is 22.7 Å². The second-order valence-electron chi connectivity index (χ2n) is 10.7. The lowest BCUT2D eigenvalue weighted by Crippen LogP contribution is -2.30. The quantitative estimate of drug-likeness (QED) is 0.0849. The van der Waals surface area contributed by atoms with Crippen molar-refractivity contribution in [2.45, 2.75) is 10.1 Å². The minimum atomic E-state index is -0.641. The predicted octanol–water partition coefficient (Wildman–Crippen LogP) is 9.36. The number of H-pyrrole nitrogens is 1. The number of aromatic nitrogens is 1. The first-order valence-corrected chi connectivity index (χ1v) is 16.5. The van der Waals surface area contributed by atoms with Gasteiger partial charge in [-0.1, -0.05) is 96.0 Å². The van der Waals surface area contributed by atoms with E-state index in [-0.39, 0.29) is 11.6 Å². The van der Waals surface area contributed by atoms with Gasteiger partial charge in [0, 0.05) is 54.5 Å². The maximum absolute atomic E-state index is 13.8. The molecule has 238 valence electrons. The molecule has 6 aromatic rings. The molecular weight excluding hydrogens is 663 g/mol. The molecule has 1 aromatic heterocycles. The fraction of sp³-hybridized carbons (Fsp3) is 0.0263. The normalized spacial score (nSPS) is 11.9. The molecule has 0 aliphatic carbocycles. The third-order valence-electron chi connectivity index (χ3n) is 7.27. The molecular formula is C38H28Cl2N4O3S. The average Bonchev–Trinajstić information content (AvgIpc) is 3.50. The van der Waals surface area contributed by atoms with Crippen LogP contribution in [0.1, 0.15) is 26.7 Å². The van der Waals surface area contributed by atoms with Crippen LogP contribution in [0.3, 0.4) is 0 Å². The number of carbonyl (C=O) groups excluding carboxylic acids is 3. The Balaban J connectivity index is 1.25. The van der Waals surface area contributed by atoms with Gasteiger partial charge in [-0.2, -0.15) is 0 Å². The Hall–Kier alpha value is -5.28. The fourth-order valence-corrected chi connectivity index (χ4v) is 6.64. The third kappa shape index (κ3) is 8.16. The molecule has 1 atom stereocenters. The van der Waals surface area contributed by atoms with Gasteiger partial charge < -0.3 is 20.9 Å². The van der Waals surface area contributed by atoms with Crippen LogP contribution in [0.25, 0.3) is 17.0 Å². The maximum atomic E-state index is 13.8. The van der Waals surface area contributed by atoms with Crippen LogP contribution < -0.4 is 16.0 Å². The average molecular weight is 692 g/mol. The topological polar surface area (TPSA) is 103 Å². The lowest BCUT2D eigenvalue weighted by molar-refractivity contribution is -0.116. The van der Waals surface area contributed by atoms with Crippen molar-refractivity contribution < 1.29 is 14.4 Å². The summed E-state index contributed by atoms with van der Waals surface area (Å²) in [6, 6.07) is 37.8. The van der Waals surface area contributed by atoms with Gasteiger partial charge >= 0.3 is 0 Å². The smallest absolute Gasteiger partial charge is 0.272 e. The number of fused-ring (bicyclic) bond motifs is 1. The molecule has 7 nitrogen and oxygen atoms in total. The maximum Gasteiger partial charge on any atom is 0.272 e. The number of nitrogens with one attached hydrogen (secondary N) is 4. The van der Waals surface area contributed by atoms with Crippen LogP contribution in [0.15, 0.2) is 144 Å². The zero-order chi connectivity index (χ0) is 33.5. The van der Waals surface area contributed by atoms with Gasteiger partial charge in [0.15, 0.2) is 0 Å². The van der Waals surface area contributed by atoms with Gasteiger partial charge in [0.25, 0.3) is 11.8 Å². The summed E-state index contributed by atoms with van der Waals surface area (Å²) in [5, 5.41) is 9.70. The molecule has 10 heteroatoms. The van der Waals surface area contributed by atoms with Gasteiger partial charge in [0.2, 0.25) is 5.91 Å². The molecule has 3 amide bonds. The lowest BCUT2D eigenvalue weighted by atomic mass is 10.1. The SMILES string of the molecule is O=C(Nc1cccc(SC(C(=O)Nc2cc(Cl)cc(Cl)c2)c2ccccc2)c1)/C(=C/c1c[nH]c2ccccc12)NC(=O)c1ccccc1. The Labute approximate surface area is 291 Å². The summed E-state index contributed by atoms with van der Waals surface area (Å²) in [5.74, 6) is -1.20. The fourth-order valence-electron chi connectivity index (χ4n) is 5.03. The first-order valence-electron chi connectivity index (χ1n) is 14.9. The molecule has 0 aliphatic heterocycles. The Morgan fingerprint density at radius 3 is 2.15 bits per heavy atom. The molecule has 1 heterocycles. The first-order chi connectivity index (χ1) is 23.3. The molecule has 0 fully saturated rings. The van der Waals surface area contributed by atoms with Gasteiger partial charge in [-0.05, 0) is 66.2 Å². The van der Waals surface area contributed by atoms with Gasteiger partial charge in [0.05, 0.1) is 0 Å². The number of carbonyl (C=O) groups is 3. The monoisotopic (exact) mass is 690 g/mol. The standard InChI is InChI=1S/C38H28Cl2N4O3S/c39-27-19-28(40)21-30(20-27)43-38(47)35(24-10-3-1-4-11-24)48-31-15-9-14-29(22-31)42-37(46)34(44-36(45)25-12-5-2-6-13-25)18-26-23-41-33-17-8-7-16-32(26)33/h1-23,35,41H,(H,42,46)(H,43,47)(H,44,45)/b34-18-. The van der Waals surface area contributed by atoms with Crippen molar-refractivity contribution in [3.8, 4) is 0 Å². The predicted molar refractivity (Wildman–Crippen MR) is 195 cm³/mol. The largest absolute Gasteiger partial charge is 0.361 e. The Morgan fingerprint density at radius 2 is 1.40 bits per heavy atom. The van der Waals surface area contributed by atoms with Crippen LogP contribution >= 0.6 is 35.0 Å². The van der Waals surface area contributed by atoms with E-state index in [1.165, 1.54) is 11.8 Å². The number of aromatic amines is 1. The van der Waals surface area contributed by atoms with Crippen molar-refractivity contribution >= 4 is 81.0 Å². The summed E-state index contributed by atoms with van der Waals surface area (Å²) in [6.07, 6.45) is 3.43. The van der Waals surface area contributed by atoms with Crippen LogP contribution in [0.2, 0.25) is 10.0 Å². The van der Waals surface area contributed by atoms with Gasteiger partial charge in [0.1, 0.15) is 10.9 Å². The second-order valence-corrected chi connectivity index (χ2v) is 12.8. The molecule has 4 N–H and O–H groups in total. The van der Waals surface area contributed by atoms with Crippen LogP contribution in [0.4, 0.5) is 11.4 Å². The Morgan fingerprint density at radius 1 is 0.708 bits per heavy atom. The number of para-hydroxylation sites is 1. The van der Waals surface area contributed by atoms with Gasteiger partial charge in [-0.15, -0.1) is 11.8 Å². The Bertz CT molecular complexity index is 2110. The van der Waals surface area contributed by atoms with E-state index in [4.69, 9.17) is 23.2 Å². The molecule has 5 aromatic carbocycles. The summed E-state index contributed by atoms with van der Waals surface area (Å²) < 4.78 is 0. The van der Waals surface area contributed by atoms with E-state index in [0.29, 0.717) is 27.0 Å². The number of amides is 3. The van der Waals surface area contributed by atoms with Crippen molar-refractivity contribution in [3.63, 3.8) is 0 Å². The van der Waals surface area contributed by atoms with E-state index in [9.17, 15) is 14.4 Å². The van der Waals surface area contributed by atoms with E-state index in [2.05, 4.69) is 20.9 Å². The second kappa shape index (κ2) is 15.1. The number of anilines is 2. The molecule has 6 rings (SSSR count). The van der Waals surface area contributed by atoms with Crippen LogP contribution in [0, 0.1) is 0 Å². The summed E-state index contributed by atoms with van der Waals surface area (Å²) >= 11 is 13.6. The van der Waals surface area contributed by atoms with E-state index in [1.807, 2.05) is 66.7 Å². The lowest BCUT2D eigenvalue weighted by Gasteiger charge is -2.18. The zero-order valence-corrected chi connectivity index (χ0v) is 27.6. The minimum absolute atomic E-state index is 0.0633. The van der Waals surface area contributed by atoms with E-state index >= 15 is 0 Å². The van der Waals surface area contributed by atoms with Crippen molar-refractivity contribution in [2.24, 2.45) is 0 Å². The molecule has 0 radical (unpaired) electrons. The molecule has 0 spiro atoms. The third-order valence-corrected chi connectivity index (χ3v) is 8.95. The number of thioether (sulfide) groups is 1. The summed E-state index contributed by atoms with van der Waals surface area (Å²) in [7, 11) is 0. The molecule has 0 saturated heterocycles. The molecule has 0 aliphatic rings. The highest BCUT2D eigenvalue weighted by Gasteiger charge is 2.23. The van der Waals surface area contributed by atoms with Crippen molar-refractivity contribution in [2.75, 3.05) is 10.6 Å². The van der Waals surface area contributed by atoms with Crippen LogP contribution in [-0.2, 0) is 9.59 Å². The number of halogens is 2. The number of hydrogen-bond donors (Lipinski definition) is 4. The number of hydrogen-bond acceptors (Lipinski definition) is 4. The summed E-state index contributed by atoms with van der Waals surface area (Å²) in [6.45, 7) is 0. The molecule has 48 heavy (non-hydrogen) atoms. The highest BCUT2D eigenvalue weighted by Crippen LogP contribution is 2.37. The highest BCUT2D eigenvalue weighted by molar-refractivity contribution is 8.00. The van der Waals surface area contributed by atoms with E-state index in [0.717, 1.165) is 26.9 Å². The zero-order valence-electron chi connectivity index (χ0n) is 25.2. The molecule has 1 unspecified atom stereocenters. The number of rotatable bonds is 10. The summed E-state index contributed by atoms with van der Waals surface area (Å²) in [4.78, 5) is 44.5. The van der Waals surface area contributed by atoms with E-state index in [1.54, 1.807) is 72.9 Å². The van der Waals surface area contributed by atoms with Gasteiger partial charge in [-0.3, -0.25) is 14.4 Å². The van der Waals surface area contributed by atoms with E-state index < -0.39 is 17.1 Å². The first kappa shape index (κ1) is 32.7. The minimum Gasteiger partial charge on any atom is -0.361 e. The summed E-state index contributed by atoms with van der Waals surface area (Å²) in [5.41, 5.74) is 3.87. The van der Waals surface area contributed by atoms with Crippen molar-refractivity contribution in [3.05, 3.63) is 166 Å². The Kier molecular flexibility index (Phi) is 10.3. The highest BCUT2D eigenvalue weighted by atomic mass is 35.5. The van der Waals surface area contributed by atoms with Crippen molar-refractivity contribution in [1.29, 1.82) is 0 Å². The van der Waals surface area contributed by atoms with Crippen LogP contribution in [0.5, 0.6) is 0 Å². The molecule has 0 bridgehead atoms. The number of benzene rings is 5. The molecule has 0 saturated carbocycles. The van der Waals surface area contributed by atoms with Gasteiger partial charge in [-0.25, -0.2) is 0 Å². The van der Waals surface area contributed by atoms with Crippen molar-refractivity contribution in [1.82, 2.24) is 10.3 Å².